The number of aromatic amines is 1. The second-order valence-corrected chi connectivity index (χ2v) is 5.08. The van der Waals surface area contributed by atoms with E-state index in [1.807, 2.05) is 0 Å². The zero-order valence-corrected chi connectivity index (χ0v) is 12.4. The second kappa shape index (κ2) is 5.96. The van der Waals surface area contributed by atoms with Gasteiger partial charge in [0.05, 0.1) is 11.4 Å². The first-order valence-corrected chi connectivity index (χ1v) is 6.62. The first kappa shape index (κ1) is 15.0. The number of anilines is 2. The maximum atomic E-state index is 13.6. The lowest BCUT2D eigenvalue weighted by Gasteiger charge is -2.09. The van der Waals surface area contributed by atoms with Gasteiger partial charge in [-0.25, -0.2) is 14.0 Å². The van der Waals surface area contributed by atoms with Gasteiger partial charge in [0.15, 0.2) is 0 Å². The molecule has 2 amide bonds. The summed E-state index contributed by atoms with van der Waals surface area (Å²) in [6.07, 6.45) is 0. The highest BCUT2D eigenvalue weighted by atomic mass is 79.9. The molecule has 0 atom stereocenters. The second-order valence-electron chi connectivity index (χ2n) is 4.22. The lowest BCUT2D eigenvalue weighted by molar-refractivity contribution is 0.0692. The van der Waals surface area contributed by atoms with Gasteiger partial charge in [-0.3, -0.25) is 0 Å². The summed E-state index contributed by atoms with van der Waals surface area (Å²) in [6, 6.07) is 4.98. The van der Waals surface area contributed by atoms with Gasteiger partial charge in [-0.1, -0.05) is 6.07 Å². The van der Waals surface area contributed by atoms with E-state index in [0.717, 1.165) is 0 Å². The number of halogens is 2. The highest BCUT2D eigenvalue weighted by Gasteiger charge is 2.16. The highest BCUT2D eigenvalue weighted by Crippen LogP contribution is 2.25. The van der Waals surface area contributed by atoms with E-state index >= 15 is 0 Å². The molecule has 0 saturated carbocycles. The average Bonchev–Trinajstić information content (AvgIpc) is 2.75. The first-order valence-electron chi connectivity index (χ1n) is 5.83. The molecule has 2 aromatic rings. The van der Waals surface area contributed by atoms with Crippen LogP contribution in [0.15, 0.2) is 28.7 Å². The summed E-state index contributed by atoms with van der Waals surface area (Å²) in [7, 11) is 0. The number of aromatic carboxylic acids is 1. The molecule has 0 unspecified atom stereocenters. The molecule has 0 aliphatic rings. The van der Waals surface area contributed by atoms with Gasteiger partial charge in [-0.2, -0.15) is 0 Å². The largest absolute Gasteiger partial charge is 0.477 e. The SMILES string of the molecule is Cc1cc(NC(=O)Nc2c(F)cccc2Br)c(C(=O)O)[nH]1. The molecule has 0 fully saturated rings. The number of nitrogens with one attached hydrogen (secondary N) is 3. The van der Waals surface area contributed by atoms with Crippen LogP contribution in [-0.2, 0) is 0 Å². The number of benzene rings is 1. The van der Waals surface area contributed by atoms with Crippen LogP contribution < -0.4 is 10.6 Å². The van der Waals surface area contributed by atoms with E-state index in [2.05, 4.69) is 31.5 Å². The molecule has 6 nitrogen and oxygen atoms in total. The zero-order chi connectivity index (χ0) is 15.6. The predicted octanol–water partition coefficient (Wildman–Crippen LogP) is 3.57. The van der Waals surface area contributed by atoms with Crippen molar-refractivity contribution in [2.24, 2.45) is 0 Å². The minimum atomic E-state index is -1.20. The minimum absolute atomic E-state index is 0.0286. The summed E-state index contributed by atoms with van der Waals surface area (Å²) in [5, 5.41) is 13.7. The lowest BCUT2D eigenvalue weighted by Crippen LogP contribution is -2.21. The Bertz CT molecular complexity index is 694. The first-order chi connectivity index (χ1) is 9.88. The van der Waals surface area contributed by atoms with Crippen molar-refractivity contribution in [1.29, 1.82) is 0 Å². The minimum Gasteiger partial charge on any atom is -0.477 e. The Morgan fingerprint density at radius 2 is 2.05 bits per heavy atom. The number of H-pyrrole nitrogens is 1. The van der Waals surface area contributed by atoms with Crippen LogP contribution in [-0.4, -0.2) is 22.1 Å². The van der Waals surface area contributed by atoms with Crippen molar-refractivity contribution in [3.05, 3.63) is 45.9 Å². The van der Waals surface area contributed by atoms with E-state index in [4.69, 9.17) is 5.11 Å². The summed E-state index contributed by atoms with van der Waals surface area (Å²) in [4.78, 5) is 25.5. The summed E-state index contributed by atoms with van der Waals surface area (Å²) >= 11 is 3.12. The van der Waals surface area contributed by atoms with E-state index < -0.39 is 17.8 Å². The van der Waals surface area contributed by atoms with Gasteiger partial charge in [-0.15, -0.1) is 0 Å². The van der Waals surface area contributed by atoms with Crippen molar-refractivity contribution in [2.75, 3.05) is 10.6 Å². The number of aryl methyl sites for hydroxylation is 1. The number of carboxylic acids is 1. The molecule has 0 bridgehead atoms. The number of rotatable bonds is 3. The van der Waals surface area contributed by atoms with Crippen LogP contribution in [0.2, 0.25) is 0 Å². The fourth-order valence-electron chi connectivity index (χ4n) is 1.74. The van der Waals surface area contributed by atoms with Gasteiger partial charge in [0.2, 0.25) is 0 Å². The lowest BCUT2D eigenvalue weighted by atomic mass is 10.3. The monoisotopic (exact) mass is 355 g/mol. The zero-order valence-electron chi connectivity index (χ0n) is 10.8. The van der Waals surface area contributed by atoms with Gasteiger partial charge in [0.1, 0.15) is 11.5 Å². The fourth-order valence-corrected chi connectivity index (χ4v) is 2.18. The normalized spacial score (nSPS) is 10.2. The van der Waals surface area contributed by atoms with Crippen LogP contribution in [0.1, 0.15) is 16.2 Å². The topological polar surface area (TPSA) is 94.2 Å². The van der Waals surface area contributed by atoms with Crippen molar-refractivity contribution in [3.63, 3.8) is 0 Å². The van der Waals surface area contributed by atoms with Crippen molar-refractivity contribution in [1.82, 2.24) is 4.98 Å². The number of urea groups is 1. The predicted molar refractivity (Wildman–Crippen MR) is 79.2 cm³/mol. The third kappa shape index (κ3) is 3.40. The number of carboxylic acid groups (broad SMARTS) is 1. The van der Waals surface area contributed by atoms with Crippen molar-refractivity contribution < 1.29 is 19.1 Å². The molecule has 1 aromatic heterocycles. The molecule has 110 valence electrons. The standard InChI is InChI=1S/C13H11BrFN3O3/c1-6-5-9(11(16-6)12(19)20)17-13(21)18-10-7(14)3-2-4-8(10)15/h2-5,16H,1H3,(H,19,20)(H2,17,18,21). The molecule has 21 heavy (non-hydrogen) atoms. The van der Waals surface area contributed by atoms with Gasteiger partial charge in [0.25, 0.3) is 0 Å². The van der Waals surface area contributed by atoms with E-state index in [1.165, 1.54) is 18.2 Å². The molecule has 0 aliphatic heterocycles. The number of hydrogen-bond acceptors (Lipinski definition) is 2. The Morgan fingerprint density at radius 1 is 1.33 bits per heavy atom. The maximum absolute atomic E-state index is 13.6. The van der Waals surface area contributed by atoms with Crippen LogP contribution in [0.5, 0.6) is 0 Å². The average molecular weight is 356 g/mol. The number of hydrogen-bond donors (Lipinski definition) is 4. The molecule has 1 heterocycles. The molecule has 0 radical (unpaired) electrons. The Balaban J connectivity index is 2.18. The summed E-state index contributed by atoms with van der Waals surface area (Å²) in [5.41, 5.74) is 0.508. The smallest absolute Gasteiger partial charge is 0.354 e. The fraction of sp³-hybridized carbons (Fsp3) is 0.0769. The number of carbonyl (C=O) groups is 2. The maximum Gasteiger partial charge on any atom is 0.354 e. The highest BCUT2D eigenvalue weighted by molar-refractivity contribution is 9.10. The molecule has 4 N–H and O–H groups in total. The number of amides is 2. The molecule has 0 aliphatic carbocycles. The van der Waals surface area contributed by atoms with Gasteiger partial charge in [0, 0.05) is 10.2 Å². The molecule has 1 aromatic carbocycles. The van der Waals surface area contributed by atoms with Crippen molar-refractivity contribution in [2.45, 2.75) is 6.92 Å². The molecular formula is C13H11BrFN3O3. The molecule has 0 spiro atoms. The molecule has 8 heteroatoms. The Labute approximate surface area is 127 Å². The van der Waals surface area contributed by atoms with Crippen molar-refractivity contribution >= 4 is 39.3 Å². The van der Waals surface area contributed by atoms with Crippen LogP contribution in [0.25, 0.3) is 0 Å². The summed E-state index contributed by atoms with van der Waals surface area (Å²) < 4.78 is 14.0. The van der Waals surface area contributed by atoms with E-state index in [1.54, 1.807) is 13.0 Å². The Hall–Kier alpha value is -2.35. The quantitative estimate of drug-likeness (QED) is 0.677. The summed E-state index contributed by atoms with van der Waals surface area (Å²) in [6.45, 7) is 1.66. The number of carbonyl (C=O) groups excluding carboxylic acids is 1. The molecule has 0 saturated heterocycles. The van der Waals surface area contributed by atoms with E-state index in [-0.39, 0.29) is 17.1 Å². The Morgan fingerprint density at radius 3 is 2.67 bits per heavy atom. The van der Waals surface area contributed by atoms with Crippen LogP contribution in [0.4, 0.5) is 20.6 Å². The van der Waals surface area contributed by atoms with Gasteiger partial charge in [-0.05, 0) is 41.1 Å². The van der Waals surface area contributed by atoms with E-state index in [9.17, 15) is 14.0 Å². The Kier molecular flexibility index (Phi) is 4.27. The van der Waals surface area contributed by atoms with Crippen LogP contribution in [0.3, 0.4) is 0 Å². The van der Waals surface area contributed by atoms with Crippen LogP contribution in [0, 0.1) is 12.7 Å². The third-order valence-corrected chi connectivity index (χ3v) is 3.28. The van der Waals surface area contributed by atoms with Crippen molar-refractivity contribution in [3.8, 4) is 0 Å². The number of aromatic nitrogens is 1. The third-order valence-electron chi connectivity index (χ3n) is 2.62. The summed E-state index contributed by atoms with van der Waals surface area (Å²) in [5.74, 6) is -1.81. The molecule has 2 rings (SSSR count). The van der Waals surface area contributed by atoms with E-state index in [0.29, 0.717) is 10.2 Å². The number of para-hydroxylation sites is 1. The van der Waals surface area contributed by atoms with Gasteiger partial charge < -0.3 is 20.7 Å². The van der Waals surface area contributed by atoms with Gasteiger partial charge >= 0.3 is 12.0 Å². The van der Waals surface area contributed by atoms with Crippen LogP contribution >= 0.6 is 15.9 Å². The molecular weight excluding hydrogens is 345 g/mol.